The molecule has 2 aromatic rings. The van der Waals surface area contributed by atoms with Crippen LogP contribution < -0.4 is 10.6 Å². The van der Waals surface area contributed by atoms with E-state index < -0.39 is 12.1 Å². The molecule has 0 radical (unpaired) electrons. The minimum absolute atomic E-state index is 0.103. The molecule has 2 N–H and O–H groups in total. The standard InChI is InChI=1S/C23H24N4O4S/c28-19(12-16-7-4-10-32-16)26-9-8-17-20(26)23(31)27-13-15(11-18(27)22(30)25-17)24-21(29)14-5-2-1-3-6-14/h1-7,10,15,17-18,20H,8-9,11-13H2,(H,24,29)(H,25,30)/t15-,17-,18+,20-/m0/s1. The number of fused-ring (bicyclic) bond motifs is 2. The molecular formula is C23H24N4O4S. The van der Waals surface area contributed by atoms with E-state index in [4.69, 9.17) is 0 Å². The van der Waals surface area contributed by atoms with Crippen LogP contribution in [0.15, 0.2) is 47.8 Å². The van der Waals surface area contributed by atoms with Gasteiger partial charge < -0.3 is 20.4 Å². The van der Waals surface area contributed by atoms with Gasteiger partial charge in [-0.3, -0.25) is 19.2 Å². The molecule has 1 aromatic carbocycles. The maximum absolute atomic E-state index is 13.5. The van der Waals surface area contributed by atoms with Crippen molar-refractivity contribution >= 4 is 35.0 Å². The molecule has 5 rings (SSSR count). The molecule has 32 heavy (non-hydrogen) atoms. The third-order valence-electron chi connectivity index (χ3n) is 6.46. The molecule has 8 nitrogen and oxygen atoms in total. The number of rotatable bonds is 4. The Balaban J connectivity index is 1.31. The van der Waals surface area contributed by atoms with Crippen molar-refractivity contribution in [1.29, 1.82) is 0 Å². The Labute approximate surface area is 189 Å². The van der Waals surface area contributed by atoms with E-state index in [1.165, 1.54) is 11.3 Å². The first-order valence-corrected chi connectivity index (χ1v) is 11.7. The summed E-state index contributed by atoms with van der Waals surface area (Å²) in [5.41, 5.74) is 0.534. The van der Waals surface area contributed by atoms with Crippen molar-refractivity contribution in [3.8, 4) is 0 Å². The van der Waals surface area contributed by atoms with Crippen molar-refractivity contribution in [3.63, 3.8) is 0 Å². The predicted molar refractivity (Wildman–Crippen MR) is 118 cm³/mol. The van der Waals surface area contributed by atoms with Crippen LogP contribution in [-0.2, 0) is 20.8 Å². The van der Waals surface area contributed by atoms with Crippen molar-refractivity contribution < 1.29 is 19.2 Å². The second-order valence-electron chi connectivity index (χ2n) is 8.47. The number of carbonyl (C=O) groups excluding carboxylic acids is 4. The number of likely N-dealkylation sites (tertiary alicyclic amines) is 1. The van der Waals surface area contributed by atoms with Gasteiger partial charge in [0.1, 0.15) is 12.1 Å². The fraction of sp³-hybridized carbons (Fsp3) is 0.391. The smallest absolute Gasteiger partial charge is 0.251 e. The Bertz CT molecular complexity index is 1040. The maximum Gasteiger partial charge on any atom is 0.251 e. The number of thiophene rings is 1. The Hall–Kier alpha value is -3.20. The van der Waals surface area contributed by atoms with Crippen LogP contribution in [0, 0.1) is 0 Å². The van der Waals surface area contributed by atoms with E-state index >= 15 is 0 Å². The number of benzene rings is 1. The Morgan fingerprint density at radius 2 is 1.94 bits per heavy atom. The zero-order valence-corrected chi connectivity index (χ0v) is 18.2. The van der Waals surface area contributed by atoms with Crippen LogP contribution in [0.4, 0.5) is 0 Å². The summed E-state index contributed by atoms with van der Waals surface area (Å²) in [4.78, 5) is 56.0. The third kappa shape index (κ3) is 3.77. The molecule has 3 saturated heterocycles. The molecule has 0 unspecified atom stereocenters. The van der Waals surface area contributed by atoms with Gasteiger partial charge in [-0.1, -0.05) is 24.3 Å². The normalized spacial score (nSPS) is 26.9. The first-order valence-electron chi connectivity index (χ1n) is 10.8. The van der Waals surface area contributed by atoms with E-state index in [-0.39, 0.29) is 48.7 Å². The van der Waals surface area contributed by atoms with Gasteiger partial charge in [-0.05, 0) is 36.4 Å². The fourth-order valence-electron chi connectivity index (χ4n) is 4.93. The van der Waals surface area contributed by atoms with E-state index in [1.54, 1.807) is 34.1 Å². The van der Waals surface area contributed by atoms with E-state index in [0.717, 1.165) is 4.88 Å². The molecule has 0 spiro atoms. The fourth-order valence-corrected chi connectivity index (χ4v) is 5.63. The monoisotopic (exact) mass is 452 g/mol. The van der Waals surface area contributed by atoms with Crippen molar-refractivity contribution in [2.24, 2.45) is 0 Å². The summed E-state index contributed by atoms with van der Waals surface area (Å²) in [6, 6.07) is 10.6. The van der Waals surface area contributed by atoms with E-state index in [9.17, 15) is 19.2 Å². The summed E-state index contributed by atoms with van der Waals surface area (Å²) in [5, 5.41) is 7.85. The van der Waals surface area contributed by atoms with Gasteiger partial charge in [-0.2, -0.15) is 0 Å². The molecule has 166 valence electrons. The topological polar surface area (TPSA) is 98.8 Å². The second-order valence-corrected chi connectivity index (χ2v) is 9.50. The van der Waals surface area contributed by atoms with E-state index in [0.29, 0.717) is 24.9 Å². The summed E-state index contributed by atoms with van der Waals surface area (Å²) in [7, 11) is 0. The highest BCUT2D eigenvalue weighted by Gasteiger charge is 2.52. The molecule has 1 aromatic heterocycles. The SMILES string of the molecule is O=C(N[C@H]1C[C@@H]2C(=O)N[C@H]3CCN(C(=O)Cc4cccs4)[C@@H]3C(=O)N2C1)c1ccccc1. The van der Waals surface area contributed by atoms with Gasteiger partial charge in [-0.15, -0.1) is 11.3 Å². The van der Waals surface area contributed by atoms with Crippen molar-refractivity contribution in [3.05, 3.63) is 58.3 Å². The molecule has 3 aliphatic heterocycles. The molecule has 4 heterocycles. The highest BCUT2D eigenvalue weighted by molar-refractivity contribution is 7.10. The zero-order chi connectivity index (χ0) is 22.2. The highest BCUT2D eigenvalue weighted by atomic mass is 32.1. The Morgan fingerprint density at radius 3 is 2.69 bits per heavy atom. The molecule has 3 fully saturated rings. The lowest BCUT2D eigenvalue weighted by Gasteiger charge is -2.29. The van der Waals surface area contributed by atoms with Crippen LogP contribution in [0.3, 0.4) is 0 Å². The van der Waals surface area contributed by atoms with Crippen molar-refractivity contribution in [2.45, 2.75) is 43.4 Å². The van der Waals surface area contributed by atoms with Gasteiger partial charge in [0, 0.05) is 29.6 Å². The molecule has 9 heteroatoms. The third-order valence-corrected chi connectivity index (χ3v) is 7.34. The summed E-state index contributed by atoms with van der Waals surface area (Å²) < 4.78 is 0. The van der Waals surface area contributed by atoms with E-state index in [2.05, 4.69) is 10.6 Å². The number of hydrogen-bond acceptors (Lipinski definition) is 5. The Morgan fingerprint density at radius 1 is 1.12 bits per heavy atom. The van der Waals surface area contributed by atoms with Crippen LogP contribution in [0.5, 0.6) is 0 Å². The molecule has 4 atom stereocenters. The minimum atomic E-state index is -0.694. The average Bonchev–Trinajstić information content (AvgIpc) is 3.52. The number of nitrogens with one attached hydrogen (secondary N) is 2. The average molecular weight is 453 g/mol. The summed E-state index contributed by atoms with van der Waals surface area (Å²) in [6.45, 7) is 0.698. The lowest BCUT2D eigenvalue weighted by Crippen LogP contribution is -2.53. The second kappa shape index (κ2) is 8.38. The molecule has 3 aliphatic rings. The molecule has 0 aliphatic carbocycles. The zero-order valence-electron chi connectivity index (χ0n) is 17.4. The molecular weight excluding hydrogens is 428 g/mol. The maximum atomic E-state index is 13.5. The van der Waals surface area contributed by atoms with Crippen molar-refractivity contribution in [1.82, 2.24) is 20.4 Å². The Kier molecular flexibility index (Phi) is 5.42. The van der Waals surface area contributed by atoms with Crippen LogP contribution in [0.25, 0.3) is 0 Å². The van der Waals surface area contributed by atoms with Gasteiger partial charge in [-0.25, -0.2) is 0 Å². The largest absolute Gasteiger partial charge is 0.349 e. The van der Waals surface area contributed by atoms with Gasteiger partial charge in [0.15, 0.2) is 0 Å². The van der Waals surface area contributed by atoms with Gasteiger partial charge in [0.25, 0.3) is 5.91 Å². The summed E-state index contributed by atoms with van der Waals surface area (Å²) >= 11 is 1.51. The number of carbonyl (C=O) groups is 4. The van der Waals surface area contributed by atoms with Crippen LogP contribution >= 0.6 is 11.3 Å². The quantitative estimate of drug-likeness (QED) is 0.717. The number of hydrogen-bond donors (Lipinski definition) is 2. The molecule has 0 bridgehead atoms. The van der Waals surface area contributed by atoms with Crippen LogP contribution in [0.1, 0.15) is 28.1 Å². The van der Waals surface area contributed by atoms with Gasteiger partial charge in [0.05, 0.1) is 12.5 Å². The summed E-state index contributed by atoms with van der Waals surface area (Å²) in [6.07, 6.45) is 1.17. The first kappa shape index (κ1) is 20.7. The lowest BCUT2D eigenvalue weighted by molar-refractivity contribution is -0.144. The van der Waals surface area contributed by atoms with Gasteiger partial charge in [0.2, 0.25) is 17.7 Å². The summed E-state index contributed by atoms with van der Waals surface area (Å²) in [5.74, 6) is -0.761. The lowest BCUT2D eigenvalue weighted by atomic mass is 10.1. The number of amides is 4. The number of nitrogens with zero attached hydrogens (tertiary/aromatic N) is 2. The first-order chi connectivity index (χ1) is 15.5. The predicted octanol–water partition coefficient (Wildman–Crippen LogP) is 0.789. The highest BCUT2D eigenvalue weighted by Crippen LogP contribution is 2.30. The minimum Gasteiger partial charge on any atom is -0.349 e. The molecule has 0 saturated carbocycles. The van der Waals surface area contributed by atoms with Crippen LogP contribution in [-0.4, -0.2) is 70.7 Å². The van der Waals surface area contributed by atoms with Crippen LogP contribution in [0.2, 0.25) is 0 Å². The van der Waals surface area contributed by atoms with Gasteiger partial charge >= 0.3 is 0 Å². The van der Waals surface area contributed by atoms with E-state index in [1.807, 2.05) is 23.6 Å². The van der Waals surface area contributed by atoms with Crippen molar-refractivity contribution in [2.75, 3.05) is 13.1 Å². The molecule has 4 amide bonds.